The minimum Gasteiger partial charge on any atom is -0.455 e. The van der Waals surface area contributed by atoms with E-state index in [1.807, 2.05) is 24.3 Å². The monoisotopic (exact) mass is 390 g/mol. The van der Waals surface area contributed by atoms with Crippen LogP contribution in [0.5, 0.6) is 0 Å². The van der Waals surface area contributed by atoms with Gasteiger partial charge in [0.05, 0.1) is 11.1 Å². The van der Waals surface area contributed by atoms with Gasteiger partial charge in [-0.2, -0.15) is 0 Å². The van der Waals surface area contributed by atoms with Gasteiger partial charge in [0.15, 0.2) is 0 Å². The van der Waals surface area contributed by atoms with Crippen LogP contribution in [0.4, 0.5) is 0 Å². The Morgan fingerprint density at radius 3 is 1.41 bits per heavy atom. The molecule has 0 radical (unpaired) electrons. The van der Waals surface area contributed by atoms with Crippen molar-refractivity contribution in [2.45, 2.75) is 44.3 Å². The molecule has 0 heterocycles. The molecule has 0 unspecified atom stereocenters. The molecule has 2 aromatic rings. The maximum absolute atomic E-state index is 12.6. The number of hydrogen-bond acceptors (Lipinski definition) is 4. The van der Waals surface area contributed by atoms with E-state index in [0.717, 1.165) is 30.4 Å². The smallest absolute Gasteiger partial charge is 0.338 e. The summed E-state index contributed by atoms with van der Waals surface area (Å²) < 4.78 is 11.5. The van der Waals surface area contributed by atoms with Crippen molar-refractivity contribution >= 4 is 24.1 Å². The van der Waals surface area contributed by atoms with Gasteiger partial charge >= 0.3 is 11.9 Å². The molecule has 0 bridgehead atoms. The summed E-state index contributed by atoms with van der Waals surface area (Å²) in [4.78, 5) is 25.2. The molecule has 2 atom stereocenters. The third kappa shape index (κ3) is 5.44. The number of rotatable bonds is 6. The van der Waals surface area contributed by atoms with E-state index < -0.39 is 24.1 Å². The van der Waals surface area contributed by atoms with Gasteiger partial charge < -0.3 is 9.47 Å². The standard InChI is InChI=1S/C25H26O4/c1-3-18-10-14-20(15-11-18)24(26)28-22-8-6-5-7-9-23(22)29-25(27)21-16-12-19(4-2)13-17-21/h3-4,10-17,22-23H,1-2,5-9H2/t22-,23-/m0/s1. The lowest BCUT2D eigenvalue weighted by molar-refractivity contribution is -0.0381. The molecule has 4 nitrogen and oxygen atoms in total. The lowest BCUT2D eigenvalue weighted by Crippen LogP contribution is -2.34. The zero-order valence-corrected chi connectivity index (χ0v) is 16.5. The molecule has 0 spiro atoms. The quantitative estimate of drug-likeness (QED) is 0.470. The summed E-state index contributed by atoms with van der Waals surface area (Å²) in [5.41, 5.74) is 2.82. The van der Waals surface area contributed by atoms with Crippen LogP contribution in [0.25, 0.3) is 12.2 Å². The highest BCUT2D eigenvalue weighted by atomic mass is 16.6. The first kappa shape index (κ1) is 20.6. The van der Waals surface area contributed by atoms with Gasteiger partial charge in [0.25, 0.3) is 0 Å². The summed E-state index contributed by atoms with van der Waals surface area (Å²) in [7, 11) is 0. The van der Waals surface area contributed by atoms with Crippen molar-refractivity contribution in [3.8, 4) is 0 Å². The maximum Gasteiger partial charge on any atom is 0.338 e. The van der Waals surface area contributed by atoms with E-state index >= 15 is 0 Å². The summed E-state index contributed by atoms with van der Waals surface area (Å²) in [5.74, 6) is -0.798. The Bertz CT molecular complexity index is 791. The van der Waals surface area contributed by atoms with E-state index in [2.05, 4.69) is 13.2 Å². The van der Waals surface area contributed by atoms with Crippen LogP contribution in [0.1, 0.15) is 63.9 Å². The molecule has 0 N–H and O–H groups in total. The van der Waals surface area contributed by atoms with E-state index in [1.54, 1.807) is 36.4 Å². The van der Waals surface area contributed by atoms with Crippen molar-refractivity contribution in [1.29, 1.82) is 0 Å². The summed E-state index contributed by atoms with van der Waals surface area (Å²) >= 11 is 0. The van der Waals surface area contributed by atoms with E-state index in [0.29, 0.717) is 24.0 Å². The molecule has 0 saturated heterocycles. The van der Waals surface area contributed by atoms with Crippen LogP contribution >= 0.6 is 0 Å². The van der Waals surface area contributed by atoms with Gasteiger partial charge in [-0.15, -0.1) is 0 Å². The fraction of sp³-hybridized carbons (Fsp3) is 0.280. The minimum absolute atomic E-state index is 0.399. The highest BCUT2D eigenvalue weighted by Crippen LogP contribution is 2.25. The summed E-state index contributed by atoms with van der Waals surface area (Å²) in [6.45, 7) is 7.42. The average molecular weight is 390 g/mol. The van der Waals surface area contributed by atoms with Gasteiger partial charge in [-0.25, -0.2) is 9.59 Å². The molecule has 1 aliphatic rings. The molecule has 3 rings (SSSR count). The molecule has 0 amide bonds. The van der Waals surface area contributed by atoms with E-state index in [9.17, 15) is 9.59 Å². The zero-order valence-electron chi connectivity index (χ0n) is 16.5. The first-order chi connectivity index (χ1) is 14.1. The molecule has 0 aromatic heterocycles. The average Bonchev–Trinajstić information content (AvgIpc) is 2.98. The number of esters is 2. The third-order valence-electron chi connectivity index (χ3n) is 5.17. The van der Waals surface area contributed by atoms with Crippen molar-refractivity contribution in [1.82, 2.24) is 0 Å². The fourth-order valence-electron chi connectivity index (χ4n) is 3.43. The van der Waals surface area contributed by atoms with Gasteiger partial charge in [0.1, 0.15) is 12.2 Å². The lowest BCUT2D eigenvalue weighted by Gasteiger charge is -2.25. The van der Waals surface area contributed by atoms with Crippen molar-refractivity contribution in [3.63, 3.8) is 0 Å². The second-order valence-corrected chi connectivity index (χ2v) is 7.18. The van der Waals surface area contributed by atoms with Crippen LogP contribution in [0.2, 0.25) is 0 Å². The van der Waals surface area contributed by atoms with Gasteiger partial charge in [-0.3, -0.25) is 0 Å². The summed E-state index contributed by atoms with van der Waals surface area (Å²) in [6.07, 6.45) is 6.83. The number of ether oxygens (including phenoxy) is 2. The SMILES string of the molecule is C=Cc1ccc(C(=O)O[C@H]2CCCCC[C@@H]2OC(=O)c2ccc(C=C)cc2)cc1. The minimum atomic E-state index is -0.444. The highest BCUT2D eigenvalue weighted by molar-refractivity contribution is 5.90. The van der Waals surface area contributed by atoms with Gasteiger partial charge in [-0.05, 0) is 61.1 Å². The fourth-order valence-corrected chi connectivity index (χ4v) is 3.43. The van der Waals surface area contributed by atoms with Crippen LogP contribution in [0, 0.1) is 0 Å². The van der Waals surface area contributed by atoms with Crippen LogP contribution in [0.3, 0.4) is 0 Å². The number of carbonyl (C=O) groups is 2. The summed E-state index contributed by atoms with van der Waals surface area (Å²) in [5, 5.41) is 0. The lowest BCUT2D eigenvalue weighted by atomic mass is 10.1. The molecular formula is C25H26O4. The Kier molecular flexibility index (Phi) is 7.01. The highest BCUT2D eigenvalue weighted by Gasteiger charge is 2.30. The molecule has 1 fully saturated rings. The number of carbonyl (C=O) groups excluding carboxylic acids is 2. The van der Waals surface area contributed by atoms with Crippen molar-refractivity contribution in [3.05, 3.63) is 83.9 Å². The normalized spacial score (nSPS) is 18.9. The molecule has 29 heavy (non-hydrogen) atoms. The topological polar surface area (TPSA) is 52.6 Å². The predicted molar refractivity (Wildman–Crippen MR) is 115 cm³/mol. The molecule has 150 valence electrons. The molecular weight excluding hydrogens is 364 g/mol. The van der Waals surface area contributed by atoms with E-state index in [4.69, 9.17) is 9.47 Å². The molecule has 2 aromatic carbocycles. The molecule has 0 aliphatic heterocycles. The maximum atomic E-state index is 12.6. The third-order valence-corrected chi connectivity index (χ3v) is 5.17. The van der Waals surface area contributed by atoms with Crippen molar-refractivity contribution in [2.24, 2.45) is 0 Å². The Balaban J connectivity index is 1.69. The first-order valence-electron chi connectivity index (χ1n) is 9.97. The Hall–Kier alpha value is -3.14. The van der Waals surface area contributed by atoms with Crippen LogP contribution in [-0.4, -0.2) is 24.1 Å². The van der Waals surface area contributed by atoms with Crippen molar-refractivity contribution < 1.29 is 19.1 Å². The predicted octanol–water partition coefficient (Wildman–Crippen LogP) is 5.69. The second kappa shape index (κ2) is 9.87. The Morgan fingerprint density at radius 1 is 0.690 bits per heavy atom. The van der Waals surface area contributed by atoms with Gasteiger partial charge in [0, 0.05) is 0 Å². The van der Waals surface area contributed by atoms with Crippen LogP contribution < -0.4 is 0 Å². The van der Waals surface area contributed by atoms with Crippen molar-refractivity contribution in [2.75, 3.05) is 0 Å². The Morgan fingerprint density at radius 2 is 1.07 bits per heavy atom. The molecule has 4 heteroatoms. The first-order valence-corrected chi connectivity index (χ1v) is 9.97. The summed E-state index contributed by atoms with van der Waals surface area (Å²) in [6, 6.07) is 14.2. The molecule has 1 saturated carbocycles. The van der Waals surface area contributed by atoms with E-state index in [1.165, 1.54) is 0 Å². The second-order valence-electron chi connectivity index (χ2n) is 7.18. The van der Waals surface area contributed by atoms with E-state index in [-0.39, 0.29) is 0 Å². The van der Waals surface area contributed by atoms with Crippen LogP contribution in [-0.2, 0) is 9.47 Å². The largest absolute Gasteiger partial charge is 0.455 e. The van der Waals surface area contributed by atoms with Gasteiger partial charge in [0.2, 0.25) is 0 Å². The van der Waals surface area contributed by atoms with Gasteiger partial charge in [-0.1, -0.05) is 56.0 Å². The number of benzene rings is 2. The van der Waals surface area contributed by atoms with Crippen LogP contribution in [0.15, 0.2) is 61.7 Å². The number of hydrogen-bond donors (Lipinski definition) is 0. The zero-order chi connectivity index (χ0) is 20.6. The molecule has 1 aliphatic carbocycles. The Labute approximate surface area is 171 Å².